The number of sulfonamides is 1. The highest BCUT2D eigenvalue weighted by Crippen LogP contribution is 2.36. The Morgan fingerprint density at radius 2 is 1.75 bits per heavy atom. The Morgan fingerprint density at radius 1 is 1.12 bits per heavy atom. The number of aryl methyl sites for hydroxylation is 1. The van der Waals surface area contributed by atoms with Crippen LogP contribution >= 0.6 is 0 Å². The van der Waals surface area contributed by atoms with Gasteiger partial charge in [-0.25, -0.2) is 17.9 Å². The van der Waals surface area contributed by atoms with Gasteiger partial charge in [-0.05, 0) is 51.8 Å². The van der Waals surface area contributed by atoms with Crippen LogP contribution in [0.4, 0.5) is 0 Å². The highest BCUT2D eigenvalue weighted by Gasteiger charge is 2.41. The topological polar surface area (TPSA) is 90.2 Å². The third-order valence-electron chi connectivity index (χ3n) is 4.52. The molecular weight excluding hydrogens is 330 g/mol. The highest BCUT2D eigenvalue weighted by atomic mass is 32.2. The number of benzene rings is 1. The van der Waals surface area contributed by atoms with Crippen LogP contribution in [0.5, 0.6) is 0 Å². The van der Waals surface area contributed by atoms with Crippen LogP contribution < -0.4 is 16.0 Å². The molecule has 3 rings (SSSR count). The third kappa shape index (κ3) is 2.69. The normalized spacial score (nSPS) is 16.5. The van der Waals surface area contributed by atoms with Crippen molar-refractivity contribution in [3.8, 4) is 0 Å². The largest absolute Gasteiger partial charge is 0.331 e. The van der Waals surface area contributed by atoms with Gasteiger partial charge in [-0.2, -0.15) is 0 Å². The Labute approximate surface area is 140 Å². The van der Waals surface area contributed by atoms with Crippen molar-refractivity contribution < 1.29 is 8.42 Å². The first-order valence-corrected chi connectivity index (χ1v) is 9.52. The van der Waals surface area contributed by atoms with Crippen LogP contribution in [0.15, 0.2) is 32.7 Å². The second-order valence-corrected chi connectivity index (χ2v) is 8.10. The van der Waals surface area contributed by atoms with Gasteiger partial charge in [0.05, 0.1) is 15.8 Å². The fourth-order valence-corrected chi connectivity index (χ4v) is 4.32. The molecule has 130 valence electrons. The Hall–Kier alpha value is -1.93. The monoisotopic (exact) mass is 351 g/mol. The molecule has 1 aliphatic carbocycles. The van der Waals surface area contributed by atoms with E-state index in [1.807, 2.05) is 13.8 Å². The summed E-state index contributed by atoms with van der Waals surface area (Å²) >= 11 is 0. The van der Waals surface area contributed by atoms with Crippen LogP contribution in [-0.2, 0) is 23.1 Å². The summed E-state index contributed by atoms with van der Waals surface area (Å²) in [6.07, 6.45) is 1.61. The molecule has 0 atom stereocenters. The average molecular weight is 351 g/mol. The summed E-state index contributed by atoms with van der Waals surface area (Å²) in [6, 6.07) is 4.34. The summed E-state index contributed by atoms with van der Waals surface area (Å²) in [4.78, 5) is 24.9. The molecule has 1 aromatic heterocycles. The summed E-state index contributed by atoms with van der Waals surface area (Å²) in [5, 5.41) is 0.238. The predicted molar refractivity (Wildman–Crippen MR) is 91.8 cm³/mol. The van der Waals surface area contributed by atoms with E-state index in [-0.39, 0.29) is 28.1 Å². The van der Waals surface area contributed by atoms with Gasteiger partial charge in [0, 0.05) is 18.6 Å². The van der Waals surface area contributed by atoms with Gasteiger partial charge in [-0.15, -0.1) is 0 Å². The number of hydrogen-bond donors (Lipinski definition) is 1. The third-order valence-corrected chi connectivity index (χ3v) is 6.16. The molecule has 7 nitrogen and oxygen atoms in total. The summed E-state index contributed by atoms with van der Waals surface area (Å²) in [5.74, 6) is 0. The van der Waals surface area contributed by atoms with E-state index in [1.54, 1.807) is 6.92 Å². The van der Waals surface area contributed by atoms with Crippen LogP contribution in [0, 0.1) is 0 Å². The lowest BCUT2D eigenvalue weighted by Crippen LogP contribution is -2.39. The molecule has 1 heterocycles. The van der Waals surface area contributed by atoms with E-state index < -0.39 is 15.6 Å². The number of hydrogen-bond acceptors (Lipinski definition) is 4. The van der Waals surface area contributed by atoms with E-state index in [0.29, 0.717) is 12.1 Å². The van der Waals surface area contributed by atoms with Crippen LogP contribution in [0.25, 0.3) is 10.9 Å². The molecule has 0 spiro atoms. The fraction of sp³-hybridized carbons (Fsp3) is 0.500. The lowest BCUT2D eigenvalue weighted by molar-refractivity contribution is 0.558. The highest BCUT2D eigenvalue weighted by molar-refractivity contribution is 7.89. The minimum Gasteiger partial charge on any atom is -0.293 e. The van der Waals surface area contributed by atoms with Crippen molar-refractivity contribution in [2.75, 3.05) is 0 Å². The fourth-order valence-electron chi connectivity index (χ4n) is 2.83. The smallest absolute Gasteiger partial charge is 0.293 e. The Kier molecular flexibility index (Phi) is 3.92. The number of rotatable bonds is 5. The zero-order valence-electron chi connectivity index (χ0n) is 14.0. The lowest BCUT2D eigenvalue weighted by atomic mass is 10.2. The molecule has 1 saturated carbocycles. The van der Waals surface area contributed by atoms with Gasteiger partial charge >= 0.3 is 5.69 Å². The number of aromatic nitrogens is 2. The molecule has 2 aromatic rings. The van der Waals surface area contributed by atoms with Crippen molar-refractivity contribution in [1.82, 2.24) is 13.9 Å². The standard InChI is InChI=1S/C16H21N3O4S/c1-4-18-13-7-6-11(24(22,23)17-16(3)8-9-16)10-12(13)14(20)19(5-2)15(18)21/h6-7,10,17H,4-5,8-9H2,1-3H3. The molecule has 0 bridgehead atoms. The molecule has 24 heavy (non-hydrogen) atoms. The van der Waals surface area contributed by atoms with Crippen molar-refractivity contribution in [3.05, 3.63) is 39.0 Å². The van der Waals surface area contributed by atoms with E-state index in [9.17, 15) is 18.0 Å². The van der Waals surface area contributed by atoms with E-state index >= 15 is 0 Å². The number of fused-ring (bicyclic) bond motifs is 1. The van der Waals surface area contributed by atoms with E-state index in [4.69, 9.17) is 0 Å². The summed E-state index contributed by atoms with van der Waals surface area (Å²) < 4.78 is 30.3. The lowest BCUT2D eigenvalue weighted by Gasteiger charge is -2.14. The van der Waals surface area contributed by atoms with E-state index in [1.165, 1.54) is 22.8 Å². The Morgan fingerprint density at radius 3 is 2.29 bits per heavy atom. The molecule has 1 aromatic carbocycles. The van der Waals surface area contributed by atoms with E-state index in [0.717, 1.165) is 17.4 Å². The molecule has 1 N–H and O–H groups in total. The average Bonchev–Trinajstić information content (AvgIpc) is 3.24. The number of nitrogens with one attached hydrogen (secondary N) is 1. The van der Waals surface area contributed by atoms with Crippen LogP contribution in [0.3, 0.4) is 0 Å². The minimum atomic E-state index is -3.70. The first-order valence-electron chi connectivity index (χ1n) is 8.04. The summed E-state index contributed by atoms with van der Waals surface area (Å²) in [5.41, 5.74) is -0.776. The van der Waals surface area contributed by atoms with Crippen molar-refractivity contribution >= 4 is 20.9 Å². The second kappa shape index (κ2) is 5.56. The van der Waals surface area contributed by atoms with Crippen molar-refractivity contribution in [2.24, 2.45) is 0 Å². The van der Waals surface area contributed by atoms with Gasteiger partial charge in [0.2, 0.25) is 10.0 Å². The van der Waals surface area contributed by atoms with Crippen LogP contribution in [0.2, 0.25) is 0 Å². The SMILES string of the molecule is CCn1c(=O)c2cc(S(=O)(=O)NC3(C)CC3)ccc2n(CC)c1=O. The molecule has 1 aliphatic rings. The zero-order valence-corrected chi connectivity index (χ0v) is 14.8. The van der Waals surface area contributed by atoms with Gasteiger partial charge in [0.1, 0.15) is 0 Å². The molecule has 0 unspecified atom stereocenters. The number of nitrogens with zero attached hydrogens (tertiary/aromatic N) is 2. The quantitative estimate of drug-likeness (QED) is 0.871. The van der Waals surface area contributed by atoms with Gasteiger partial charge in [-0.3, -0.25) is 13.9 Å². The molecule has 0 saturated heterocycles. The van der Waals surface area contributed by atoms with Gasteiger partial charge in [0.25, 0.3) is 5.56 Å². The van der Waals surface area contributed by atoms with Gasteiger partial charge in [0.15, 0.2) is 0 Å². The van der Waals surface area contributed by atoms with Crippen molar-refractivity contribution in [3.63, 3.8) is 0 Å². The first kappa shape index (κ1) is 16.9. The Bertz CT molecular complexity index is 1030. The molecular formula is C16H21N3O4S. The second-order valence-electron chi connectivity index (χ2n) is 6.42. The molecule has 0 aliphatic heterocycles. The van der Waals surface area contributed by atoms with Gasteiger partial charge in [-0.1, -0.05) is 0 Å². The zero-order chi connectivity index (χ0) is 17.7. The minimum absolute atomic E-state index is 0.0455. The summed E-state index contributed by atoms with van der Waals surface area (Å²) in [6.45, 7) is 6.01. The maximum atomic E-state index is 12.6. The molecule has 1 fully saturated rings. The van der Waals surface area contributed by atoms with Gasteiger partial charge < -0.3 is 0 Å². The van der Waals surface area contributed by atoms with E-state index in [2.05, 4.69) is 4.72 Å². The van der Waals surface area contributed by atoms with Crippen molar-refractivity contribution in [1.29, 1.82) is 0 Å². The predicted octanol–water partition coefficient (Wildman–Crippen LogP) is 1.03. The summed E-state index contributed by atoms with van der Waals surface area (Å²) in [7, 11) is -3.70. The molecule has 0 radical (unpaired) electrons. The Balaban J connectivity index is 2.25. The van der Waals surface area contributed by atoms with Crippen molar-refractivity contribution in [2.45, 2.75) is 57.1 Å². The molecule has 8 heteroatoms. The maximum absolute atomic E-state index is 12.6. The first-order chi connectivity index (χ1) is 11.2. The molecule has 0 amide bonds. The van der Waals surface area contributed by atoms with Crippen LogP contribution in [-0.4, -0.2) is 23.1 Å². The maximum Gasteiger partial charge on any atom is 0.331 e. The van der Waals surface area contributed by atoms with Crippen LogP contribution in [0.1, 0.15) is 33.6 Å².